The third-order valence-electron chi connectivity index (χ3n) is 5.94. The summed E-state index contributed by atoms with van der Waals surface area (Å²) in [4.78, 5) is 19.1. The second kappa shape index (κ2) is 10.6. The number of aromatic nitrogens is 1. The number of hydrogen-bond donors (Lipinski definition) is 1. The van der Waals surface area contributed by atoms with Gasteiger partial charge in [-0.2, -0.15) is 0 Å². The maximum absolute atomic E-state index is 13.2. The van der Waals surface area contributed by atoms with E-state index in [-0.39, 0.29) is 22.5 Å². The Morgan fingerprint density at radius 3 is 2.59 bits per heavy atom. The Morgan fingerprint density at radius 1 is 1.15 bits per heavy atom. The van der Waals surface area contributed by atoms with Crippen LogP contribution < -0.4 is 9.62 Å². The molecule has 0 bridgehead atoms. The quantitative estimate of drug-likeness (QED) is 0.333. The van der Waals surface area contributed by atoms with Crippen molar-refractivity contribution < 1.29 is 13.2 Å². The van der Waals surface area contributed by atoms with Gasteiger partial charge in [0.1, 0.15) is 5.82 Å². The lowest BCUT2D eigenvalue weighted by Crippen LogP contribution is -2.28. The molecule has 1 aromatic heterocycles. The van der Waals surface area contributed by atoms with Crippen molar-refractivity contribution in [1.82, 2.24) is 4.98 Å². The number of nitrogens with one attached hydrogen (secondary N) is 1. The van der Waals surface area contributed by atoms with E-state index in [1.807, 2.05) is 12.1 Å². The zero-order valence-electron chi connectivity index (χ0n) is 18.7. The molecule has 0 aliphatic carbocycles. The van der Waals surface area contributed by atoms with E-state index in [1.54, 1.807) is 35.2 Å². The molecule has 0 radical (unpaired) electrons. The van der Waals surface area contributed by atoms with Crippen molar-refractivity contribution in [2.45, 2.75) is 37.5 Å². The fraction of sp³-hybridized carbons (Fsp3) is 0.280. The first-order valence-corrected chi connectivity index (χ1v) is 14.0. The fourth-order valence-electron chi connectivity index (χ4n) is 4.22. The van der Waals surface area contributed by atoms with E-state index in [1.165, 1.54) is 29.5 Å². The predicted octanol–water partition coefficient (Wildman–Crippen LogP) is 5.69. The Labute approximate surface area is 218 Å². The van der Waals surface area contributed by atoms with Crippen LogP contribution >= 0.6 is 34.2 Å². The van der Waals surface area contributed by atoms with Crippen LogP contribution in [0.3, 0.4) is 0 Å². The van der Waals surface area contributed by atoms with Crippen LogP contribution in [0.4, 0.5) is 11.5 Å². The number of amides is 1. The van der Waals surface area contributed by atoms with Gasteiger partial charge in [0, 0.05) is 27.9 Å². The zero-order valence-corrected chi connectivity index (χ0v) is 22.4. The van der Waals surface area contributed by atoms with Crippen LogP contribution in [-0.4, -0.2) is 25.9 Å². The molecule has 1 N–H and O–H groups in total. The number of sulfonamides is 1. The Balaban J connectivity index is 1.48. The minimum Gasteiger partial charge on any atom is -0.312 e. The number of pyridine rings is 1. The van der Waals surface area contributed by atoms with Crippen LogP contribution in [0.1, 0.15) is 30.9 Å². The van der Waals surface area contributed by atoms with E-state index < -0.39 is 10.0 Å². The van der Waals surface area contributed by atoms with Gasteiger partial charge in [0.15, 0.2) is 0 Å². The predicted molar refractivity (Wildman–Crippen MR) is 144 cm³/mol. The zero-order chi connectivity index (χ0) is 24.3. The van der Waals surface area contributed by atoms with Gasteiger partial charge in [-0.15, -0.1) is 0 Å². The monoisotopic (exact) mass is 609 g/mol. The fourth-order valence-corrected chi connectivity index (χ4v) is 6.20. The number of hydrogen-bond acceptors (Lipinski definition) is 4. The summed E-state index contributed by atoms with van der Waals surface area (Å²) in [7, 11) is -3.76. The molecule has 34 heavy (non-hydrogen) atoms. The van der Waals surface area contributed by atoms with E-state index in [0.717, 1.165) is 27.9 Å². The summed E-state index contributed by atoms with van der Waals surface area (Å²) in [6, 6.07) is 15.4. The molecule has 1 saturated heterocycles. The Kier molecular flexibility index (Phi) is 7.79. The van der Waals surface area contributed by atoms with Crippen molar-refractivity contribution in [3.8, 4) is 0 Å². The normalized spacial score (nSPS) is 16.1. The van der Waals surface area contributed by atoms with Gasteiger partial charge in [0.2, 0.25) is 5.91 Å². The smallest absolute Gasteiger partial charge is 0.263 e. The second-order valence-corrected chi connectivity index (χ2v) is 11.4. The maximum Gasteiger partial charge on any atom is 0.263 e. The molecule has 2 heterocycles. The van der Waals surface area contributed by atoms with Crippen LogP contribution in [0.15, 0.2) is 65.7 Å². The molecule has 1 amide bonds. The molecule has 1 aliphatic rings. The van der Waals surface area contributed by atoms with E-state index in [2.05, 4.69) is 39.2 Å². The minimum atomic E-state index is -3.76. The minimum absolute atomic E-state index is 0.0645. The molecule has 2 aromatic carbocycles. The summed E-state index contributed by atoms with van der Waals surface area (Å²) < 4.78 is 28.8. The lowest BCUT2D eigenvalue weighted by atomic mass is 9.93. The van der Waals surface area contributed by atoms with Gasteiger partial charge in [0.25, 0.3) is 10.0 Å². The van der Waals surface area contributed by atoms with Gasteiger partial charge in [-0.1, -0.05) is 37.1 Å². The number of benzene rings is 2. The van der Waals surface area contributed by atoms with Crippen molar-refractivity contribution in [2.75, 3.05) is 16.2 Å². The first-order chi connectivity index (χ1) is 16.3. The molecule has 1 fully saturated rings. The lowest BCUT2D eigenvalue weighted by molar-refractivity contribution is -0.120. The van der Waals surface area contributed by atoms with Crippen LogP contribution in [0, 0.1) is 9.49 Å². The number of rotatable bonds is 8. The van der Waals surface area contributed by atoms with E-state index >= 15 is 0 Å². The largest absolute Gasteiger partial charge is 0.312 e. The Bertz CT molecular complexity index is 1280. The van der Waals surface area contributed by atoms with Crippen molar-refractivity contribution in [2.24, 2.45) is 5.92 Å². The van der Waals surface area contributed by atoms with Crippen molar-refractivity contribution in [3.05, 3.63) is 80.5 Å². The van der Waals surface area contributed by atoms with Gasteiger partial charge >= 0.3 is 0 Å². The maximum atomic E-state index is 13.2. The highest BCUT2D eigenvalue weighted by molar-refractivity contribution is 14.1. The SMILES string of the molecule is CCCc1c(CC2CCN(c3ccc(S(=O)(=O)Nc4ccccn4)cc3)C2=O)ccc(Cl)c1I. The highest BCUT2D eigenvalue weighted by atomic mass is 127. The number of carbonyl (C=O) groups is 1. The molecule has 3 aromatic rings. The molecular formula is C25H25ClIN3O3S. The second-order valence-electron chi connectivity index (χ2n) is 8.24. The number of nitrogens with zero attached hydrogens (tertiary/aromatic N) is 2. The molecular weight excluding hydrogens is 585 g/mol. The lowest BCUT2D eigenvalue weighted by Gasteiger charge is -2.19. The summed E-state index contributed by atoms with van der Waals surface area (Å²) in [5.41, 5.74) is 3.11. The van der Waals surface area contributed by atoms with Gasteiger partial charge in [-0.05, 0) is 95.4 Å². The van der Waals surface area contributed by atoms with Gasteiger partial charge < -0.3 is 4.90 Å². The first kappa shape index (κ1) is 24.9. The summed E-state index contributed by atoms with van der Waals surface area (Å²) in [6.07, 6.45) is 4.90. The molecule has 4 rings (SSSR count). The molecule has 1 aliphatic heterocycles. The summed E-state index contributed by atoms with van der Waals surface area (Å²) >= 11 is 8.62. The highest BCUT2D eigenvalue weighted by Gasteiger charge is 2.33. The third kappa shape index (κ3) is 5.39. The van der Waals surface area contributed by atoms with Crippen molar-refractivity contribution >= 4 is 61.6 Å². The van der Waals surface area contributed by atoms with Crippen LogP contribution in [0.25, 0.3) is 0 Å². The van der Waals surface area contributed by atoms with Crippen LogP contribution in [0.2, 0.25) is 5.02 Å². The molecule has 0 saturated carbocycles. The third-order valence-corrected chi connectivity index (χ3v) is 9.17. The molecule has 1 unspecified atom stereocenters. The Hall–Kier alpha value is -2.17. The molecule has 178 valence electrons. The molecule has 9 heteroatoms. The van der Waals surface area contributed by atoms with E-state index in [9.17, 15) is 13.2 Å². The molecule has 6 nitrogen and oxygen atoms in total. The Morgan fingerprint density at radius 2 is 1.91 bits per heavy atom. The van der Waals surface area contributed by atoms with Gasteiger partial charge in [0.05, 0.1) is 9.92 Å². The first-order valence-electron chi connectivity index (χ1n) is 11.1. The topological polar surface area (TPSA) is 79.4 Å². The van der Waals surface area contributed by atoms with E-state index in [0.29, 0.717) is 18.7 Å². The van der Waals surface area contributed by atoms with Gasteiger partial charge in [-0.25, -0.2) is 13.4 Å². The average Bonchev–Trinajstić information content (AvgIpc) is 3.19. The van der Waals surface area contributed by atoms with Gasteiger partial charge in [-0.3, -0.25) is 9.52 Å². The van der Waals surface area contributed by atoms with Crippen LogP contribution in [-0.2, 0) is 27.7 Å². The molecule has 1 atom stereocenters. The molecule has 0 spiro atoms. The van der Waals surface area contributed by atoms with Crippen molar-refractivity contribution in [1.29, 1.82) is 0 Å². The number of carbonyl (C=O) groups excluding carboxylic acids is 1. The number of halogens is 2. The average molecular weight is 610 g/mol. The van der Waals surface area contributed by atoms with Crippen LogP contribution in [0.5, 0.6) is 0 Å². The summed E-state index contributed by atoms with van der Waals surface area (Å²) in [5.74, 6) is 0.208. The summed E-state index contributed by atoms with van der Waals surface area (Å²) in [5, 5.41) is 0.750. The van der Waals surface area contributed by atoms with E-state index in [4.69, 9.17) is 11.6 Å². The van der Waals surface area contributed by atoms with Crippen molar-refractivity contribution in [3.63, 3.8) is 0 Å². The summed E-state index contributed by atoms with van der Waals surface area (Å²) in [6.45, 7) is 2.74. The standard InChI is InChI=1S/C25H25ClIN3O3S/c1-2-5-21-17(7-12-22(26)24(21)27)16-18-13-15-30(25(18)31)19-8-10-20(11-9-19)34(32,33)29-23-6-3-4-14-28-23/h3-4,6-12,14,18H,2,5,13,15-16H2,1H3,(H,28,29). The highest BCUT2D eigenvalue weighted by Crippen LogP contribution is 2.32. The number of anilines is 2.